The Bertz CT molecular complexity index is 1210. The standard InChI is InChI=1S/C28H28F6O4/c1-35-13-19-14-36-25(37-15-19)9-4-17-3-8-22-21(10-17)7-6-20(26(22)31)5-2-18-11-23(29)27(24(30)12-18)38-16-28(32,33)34/h3,6-8,10-12,19,25H,2,4-5,9,13-16H2,1H3. The van der Waals surface area contributed by atoms with Gasteiger partial charge in [0, 0.05) is 24.8 Å². The van der Waals surface area contributed by atoms with Crippen LogP contribution in [0.4, 0.5) is 26.3 Å². The summed E-state index contributed by atoms with van der Waals surface area (Å²) >= 11 is 0. The van der Waals surface area contributed by atoms with Crippen LogP contribution in [0.25, 0.3) is 10.8 Å². The largest absolute Gasteiger partial charge is 0.478 e. The molecule has 38 heavy (non-hydrogen) atoms. The van der Waals surface area contributed by atoms with Crippen molar-refractivity contribution in [3.05, 3.63) is 76.6 Å². The summed E-state index contributed by atoms with van der Waals surface area (Å²) in [6, 6.07) is 10.7. The molecule has 1 heterocycles. The molecule has 3 aromatic rings. The minimum Gasteiger partial charge on any atom is -0.478 e. The van der Waals surface area contributed by atoms with Crippen molar-refractivity contribution in [2.75, 3.05) is 33.5 Å². The molecule has 0 unspecified atom stereocenters. The highest BCUT2D eigenvalue weighted by molar-refractivity contribution is 5.84. The van der Waals surface area contributed by atoms with E-state index in [1.807, 2.05) is 12.1 Å². The van der Waals surface area contributed by atoms with Gasteiger partial charge in [-0.2, -0.15) is 13.2 Å². The maximum atomic E-state index is 15.2. The zero-order chi connectivity index (χ0) is 27.3. The molecule has 0 aromatic heterocycles. The van der Waals surface area contributed by atoms with Gasteiger partial charge < -0.3 is 18.9 Å². The van der Waals surface area contributed by atoms with E-state index in [0.717, 1.165) is 23.1 Å². The second-order valence-electron chi connectivity index (χ2n) is 9.34. The van der Waals surface area contributed by atoms with Crippen molar-refractivity contribution in [2.24, 2.45) is 5.92 Å². The van der Waals surface area contributed by atoms with E-state index >= 15 is 4.39 Å². The van der Waals surface area contributed by atoms with Crippen molar-refractivity contribution in [3.8, 4) is 5.75 Å². The zero-order valence-corrected chi connectivity index (χ0v) is 20.8. The SMILES string of the molecule is COCC1COC(CCc2ccc3c(F)c(CCc4cc(F)c(OCC(F)(F)F)c(F)c4)ccc3c2)OC1. The van der Waals surface area contributed by atoms with Gasteiger partial charge in [0.2, 0.25) is 0 Å². The Morgan fingerprint density at radius 3 is 2.24 bits per heavy atom. The van der Waals surface area contributed by atoms with Gasteiger partial charge in [0.1, 0.15) is 5.82 Å². The predicted octanol–water partition coefficient (Wildman–Crippen LogP) is 6.55. The van der Waals surface area contributed by atoms with E-state index in [4.69, 9.17) is 14.2 Å². The summed E-state index contributed by atoms with van der Waals surface area (Å²) in [5.41, 5.74) is 1.54. The molecule has 1 aliphatic heterocycles. The Labute approximate surface area is 216 Å². The topological polar surface area (TPSA) is 36.9 Å². The molecule has 0 amide bonds. The number of fused-ring (bicyclic) bond motifs is 1. The van der Waals surface area contributed by atoms with Crippen LogP contribution in [0, 0.1) is 23.4 Å². The molecular formula is C28H28F6O4. The first kappa shape index (κ1) is 28.2. The zero-order valence-electron chi connectivity index (χ0n) is 20.8. The monoisotopic (exact) mass is 542 g/mol. The predicted molar refractivity (Wildman–Crippen MR) is 129 cm³/mol. The van der Waals surface area contributed by atoms with Gasteiger partial charge in [-0.05, 0) is 53.5 Å². The molecule has 0 aliphatic carbocycles. The fourth-order valence-corrected chi connectivity index (χ4v) is 4.43. The molecule has 0 saturated carbocycles. The molecule has 0 N–H and O–H groups in total. The first-order valence-electron chi connectivity index (χ1n) is 12.2. The van der Waals surface area contributed by atoms with Crippen LogP contribution in [-0.4, -0.2) is 46.0 Å². The number of alkyl halides is 3. The lowest BCUT2D eigenvalue weighted by Crippen LogP contribution is -2.34. The third kappa shape index (κ3) is 7.39. The Hall–Kier alpha value is -2.82. The van der Waals surface area contributed by atoms with Gasteiger partial charge in [-0.15, -0.1) is 0 Å². The minimum atomic E-state index is -4.72. The van der Waals surface area contributed by atoms with E-state index in [0.29, 0.717) is 43.6 Å². The van der Waals surface area contributed by atoms with Crippen LogP contribution in [0.5, 0.6) is 5.75 Å². The summed E-state index contributed by atoms with van der Waals surface area (Å²) < 4.78 is 101. The molecular weight excluding hydrogens is 514 g/mol. The van der Waals surface area contributed by atoms with Gasteiger partial charge in [-0.3, -0.25) is 0 Å². The van der Waals surface area contributed by atoms with Gasteiger partial charge in [0.05, 0.1) is 19.8 Å². The molecule has 1 fully saturated rings. The molecule has 1 saturated heterocycles. The number of halogens is 6. The molecule has 0 spiro atoms. The average Bonchev–Trinajstić information content (AvgIpc) is 2.87. The van der Waals surface area contributed by atoms with Crippen LogP contribution in [0.15, 0.2) is 42.5 Å². The van der Waals surface area contributed by atoms with Gasteiger partial charge >= 0.3 is 6.18 Å². The molecule has 1 aliphatic rings. The van der Waals surface area contributed by atoms with Gasteiger partial charge in [-0.1, -0.05) is 30.3 Å². The van der Waals surface area contributed by atoms with Crippen LogP contribution in [0.1, 0.15) is 23.1 Å². The highest BCUT2D eigenvalue weighted by Gasteiger charge is 2.30. The Kier molecular flexibility index (Phi) is 9.17. The van der Waals surface area contributed by atoms with E-state index < -0.39 is 36.0 Å². The van der Waals surface area contributed by atoms with Crippen molar-refractivity contribution < 1.29 is 45.3 Å². The van der Waals surface area contributed by atoms with E-state index in [1.165, 1.54) is 0 Å². The third-order valence-electron chi connectivity index (χ3n) is 6.33. The Morgan fingerprint density at radius 1 is 0.868 bits per heavy atom. The number of aryl methyl sites for hydroxylation is 3. The summed E-state index contributed by atoms with van der Waals surface area (Å²) in [7, 11) is 1.64. The number of hydrogen-bond donors (Lipinski definition) is 0. The van der Waals surface area contributed by atoms with Crippen LogP contribution in [-0.2, 0) is 33.5 Å². The summed E-state index contributed by atoms with van der Waals surface area (Å²) in [6.07, 6.45) is -3.43. The lowest BCUT2D eigenvalue weighted by atomic mass is 9.98. The van der Waals surface area contributed by atoms with Crippen molar-refractivity contribution in [2.45, 2.75) is 38.1 Å². The summed E-state index contributed by atoms with van der Waals surface area (Å²) in [5.74, 6) is -3.77. The second-order valence-corrected chi connectivity index (χ2v) is 9.34. The molecule has 206 valence electrons. The van der Waals surface area contributed by atoms with Gasteiger partial charge in [0.25, 0.3) is 0 Å². The van der Waals surface area contributed by atoms with Crippen LogP contribution < -0.4 is 4.74 Å². The Balaban J connectivity index is 1.36. The number of ether oxygens (including phenoxy) is 4. The smallest absolute Gasteiger partial charge is 0.422 e. The average molecular weight is 543 g/mol. The number of hydrogen-bond acceptors (Lipinski definition) is 4. The van der Waals surface area contributed by atoms with E-state index in [-0.39, 0.29) is 30.6 Å². The van der Waals surface area contributed by atoms with Gasteiger partial charge in [-0.25, -0.2) is 13.2 Å². The van der Waals surface area contributed by atoms with Crippen LogP contribution in [0.2, 0.25) is 0 Å². The van der Waals surface area contributed by atoms with Crippen molar-refractivity contribution in [1.29, 1.82) is 0 Å². The van der Waals surface area contributed by atoms with E-state index in [9.17, 15) is 22.0 Å². The molecule has 0 bridgehead atoms. The van der Waals surface area contributed by atoms with Gasteiger partial charge in [0.15, 0.2) is 30.3 Å². The van der Waals surface area contributed by atoms with E-state index in [1.54, 1.807) is 25.3 Å². The normalized spacial score (nSPS) is 18.2. The van der Waals surface area contributed by atoms with Crippen LogP contribution in [0.3, 0.4) is 0 Å². The number of benzene rings is 3. The van der Waals surface area contributed by atoms with Crippen LogP contribution >= 0.6 is 0 Å². The first-order chi connectivity index (χ1) is 18.1. The fraction of sp³-hybridized carbons (Fsp3) is 0.429. The highest BCUT2D eigenvalue weighted by atomic mass is 19.4. The Morgan fingerprint density at radius 2 is 1.58 bits per heavy atom. The van der Waals surface area contributed by atoms with Crippen molar-refractivity contribution in [1.82, 2.24) is 0 Å². The lowest BCUT2D eigenvalue weighted by Gasteiger charge is -2.29. The molecule has 10 heteroatoms. The quantitative estimate of drug-likeness (QED) is 0.272. The highest BCUT2D eigenvalue weighted by Crippen LogP contribution is 2.28. The maximum Gasteiger partial charge on any atom is 0.422 e. The second kappa shape index (κ2) is 12.4. The number of rotatable bonds is 10. The molecule has 4 nitrogen and oxygen atoms in total. The van der Waals surface area contributed by atoms with Crippen molar-refractivity contribution in [3.63, 3.8) is 0 Å². The van der Waals surface area contributed by atoms with Crippen molar-refractivity contribution >= 4 is 10.8 Å². The summed E-state index contributed by atoms with van der Waals surface area (Å²) in [4.78, 5) is 0. The third-order valence-corrected chi connectivity index (χ3v) is 6.33. The molecule has 4 rings (SSSR count). The summed E-state index contributed by atoms with van der Waals surface area (Å²) in [6.45, 7) is -0.0497. The molecule has 0 atom stereocenters. The molecule has 0 radical (unpaired) electrons. The lowest BCUT2D eigenvalue weighted by molar-refractivity contribution is -0.208. The minimum absolute atomic E-state index is 0.0839. The maximum absolute atomic E-state index is 15.2. The number of methoxy groups -OCH3 is 1. The first-order valence-corrected chi connectivity index (χ1v) is 12.2. The summed E-state index contributed by atoms with van der Waals surface area (Å²) in [5, 5.41) is 1.14. The van der Waals surface area contributed by atoms with E-state index in [2.05, 4.69) is 4.74 Å². The molecule has 3 aromatic carbocycles. The fourth-order valence-electron chi connectivity index (χ4n) is 4.43.